The normalized spacial score (nSPS) is 20.3. The number of imide groups is 1. The molecule has 138 valence electrons. The number of fused-ring (bicyclic) bond motifs is 1. The second-order valence-electron chi connectivity index (χ2n) is 7.43. The predicted molar refractivity (Wildman–Crippen MR) is 95.0 cm³/mol. The van der Waals surface area contributed by atoms with Crippen molar-refractivity contribution in [1.29, 1.82) is 0 Å². The number of aromatic nitrogens is 4. The number of hydrogen-bond acceptors (Lipinski definition) is 6. The SMILES string of the molecule is CC(C)c1cc(N2CCC3(CC2)C(=O)N(C)C(=O)N3C)c2nncn2n1. The van der Waals surface area contributed by atoms with E-state index in [4.69, 9.17) is 0 Å². The Bertz CT molecular complexity index is 882. The Morgan fingerprint density at radius 3 is 2.42 bits per heavy atom. The number of likely N-dealkylation sites (N-methyl/N-ethyl adjacent to an activating group) is 2. The molecule has 0 saturated carbocycles. The summed E-state index contributed by atoms with van der Waals surface area (Å²) >= 11 is 0. The maximum Gasteiger partial charge on any atom is 0.327 e. The van der Waals surface area contributed by atoms with E-state index in [1.54, 1.807) is 29.8 Å². The van der Waals surface area contributed by atoms with Gasteiger partial charge in [0.15, 0.2) is 0 Å². The van der Waals surface area contributed by atoms with Gasteiger partial charge in [-0.05, 0) is 24.8 Å². The van der Waals surface area contributed by atoms with Crippen LogP contribution < -0.4 is 4.90 Å². The van der Waals surface area contributed by atoms with Crippen LogP contribution in [0.25, 0.3) is 5.65 Å². The summed E-state index contributed by atoms with van der Waals surface area (Å²) in [4.78, 5) is 29.9. The lowest BCUT2D eigenvalue weighted by molar-refractivity contribution is -0.133. The van der Waals surface area contributed by atoms with Crippen LogP contribution in [-0.2, 0) is 4.79 Å². The van der Waals surface area contributed by atoms with Crippen LogP contribution in [-0.4, -0.2) is 74.3 Å². The van der Waals surface area contributed by atoms with Crippen LogP contribution in [0.4, 0.5) is 10.5 Å². The highest BCUT2D eigenvalue weighted by Gasteiger charge is 2.55. The average molecular weight is 357 g/mol. The fourth-order valence-electron chi connectivity index (χ4n) is 3.96. The number of anilines is 1. The summed E-state index contributed by atoms with van der Waals surface area (Å²) in [7, 11) is 3.28. The van der Waals surface area contributed by atoms with Crippen LogP contribution in [0.1, 0.15) is 38.3 Å². The minimum absolute atomic E-state index is 0.102. The molecule has 3 amide bonds. The molecule has 9 heteroatoms. The zero-order chi connectivity index (χ0) is 18.6. The lowest BCUT2D eigenvalue weighted by Gasteiger charge is -2.41. The van der Waals surface area contributed by atoms with Crippen LogP contribution in [0.5, 0.6) is 0 Å². The highest BCUT2D eigenvalue weighted by atomic mass is 16.2. The first-order valence-electron chi connectivity index (χ1n) is 8.87. The van der Waals surface area contributed by atoms with E-state index in [0.717, 1.165) is 11.4 Å². The van der Waals surface area contributed by atoms with E-state index in [9.17, 15) is 9.59 Å². The molecule has 0 atom stereocenters. The Kier molecular flexibility index (Phi) is 3.64. The Morgan fingerprint density at radius 1 is 1.15 bits per heavy atom. The number of carbonyl (C=O) groups excluding carboxylic acids is 2. The molecular formula is C17H23N7O2. The van der Waals surface area contributed by atoms with E-state index in [-0.39, 0.29) is 17.9 Å². The van der Waals surface area contributed by atoms with Crippen LogP contribution in [0.3, 0.4) is 0 Å². The van der Waals surface area contributed by atoms with Crippen LogP contribution in [0.15, 0.2) is 12.4 Å². The summed E-state index contributed by atoms with van der Waals surface area (Å²) < 4.78 is 1.71. The maximum atomic E-state index is 12.7. The Balaban J connectivity index is 1.65. The van der Waals surface area contributed by atoms with E-state index in [1.165, 1.54) is 4.90 Å². The summed E-state index contributed by atoms with van der Waals surface area (Å²) in [5.74, 6) is 0.181. The summed E-state index contributed by atoms with van der Waals surface area (Å²) in [6, 6.07) is 1.83. The quantitative estimate of drug-likeness (QED) is 0.749. The van der Waals surface area contributed by atoms with E-state index in [2.05, 4.69) is 40.1 Å². The average Bonchev–Trinajstić information content (AvgIpc) is 3.18. The van der Waals surface area contributed by atoms with Gasteiger partial charge in [-0.15, -0.1) is 10.2 Å². The van der Waals surface area contributed by atoms with E-state index in [0.29, 0.717) is 31.6 Å². The molecule has 2 fully saturated rings. The molecule has 26 heavy (non-hydrogen) atoms. The monoisotopic (exact) mass is 357 g/mol. The van der Waals surface area contributed by atoms with Gasteiger partial charge in [-0.2, -0.15) is 9.61 Å². The van der Waals surface area contributed by atoms with Gasteiger partial charge >= 0.3 is 6.03 Å². The van der Waals surface area contributed by atoms with Gasteiger partial charge in [-0.25, -0.2) is 4.79 Å². The number of hydrogen-bond donors (Lipinski definition) is 0. The number of amides is 3. The molecular weight excluding hydrogens is 334 g/mol. The maximum absolute atomic E-state index is 12.7. The van der Waals surface area contributed by atoms with Gasteiger partial charge in [0.1, 0.15) is 11.9 Å². The van der Waals surface area contributed by atoms with Gasteiger partial charge in [-0.1, -0.05) is 13.8 Å². The van der Waals surface area contributed by atoms with Crippen molar-refractivity contribution in [3.63, 3.8) is 0 Å². The molecule has 0 N–H and O–H groups in total. The van der Waals surface area contributed by atoms with E-state index in [1.807, 2.05) is 0 Å². The first-order valence-corrected chi connectivity index (χ1v) is 8.87. The van der Waals surface area contributed by atoms with Gasteiger partial charge < -0.3 is 9.80 Å². The molecule has 0 bridgehead atoms. The summed E-state index contributed by atoms with van der Waals surface area (Å²) in [5, 5.41) is 12.7. The summed E-state index contributed by atoms with van der Waals surface area (Å²) in [6.07, 6.45) is 2.80. The van der Waals surface area contributed by atoms with Gasteiger partial charge in [0.2, 0.25) is 5.65 Å². The molecule has 0 unspecified atom stereocenters. The van der Waals surface area contributed by atoms with Gasteiger partial charge in [0.25, 0.3) is 5.91 Å². The fourth-order valence-corrected chi connectivity index (χ4v) is 3.96. The molecule has 2 aliphatic rings. The van der Waals surface area contributed by atoms with Gasteiger partial charge in [-0.3, -0.25) is 9.69 Å². The third-order valence-corrected chi connectivity index (χ3v) is 5.71. The molecule has 9 nitrogen and oxygen atoms in total. The van der Waals surface area contributed by atoms with E-state index >= 15 is 0 Å². The van der Waals surface area contributed by atoms with Crippen LogP contribution in [0, 0.1) is 0 Å². The second-order valence-corrected chi connectivity index (χ2v) is 7.43. The first kappa shape index (κ1) is 16.7. The molecule has 0 aliphatic carbocycles. The van der Waals surface area contributed by atoms with Crippen molar-refractivity contribution >= 4 is 23.3 Å². The number of piperidine rings is 1. The van der Waals surface area contributed by atoms with Crippen molar-refractivity contribution in [1.82, 2.24) is 29.6 Å². The smallest absolute Gasteiger partial charge is 0.327 e. The molecule has 1 spiro atoms. The van der Waals surface area contributed by atoms with Crippen molar-refractivity contribution in [3.8, 4) is 0 Å². The fraction of sp³-hybridized carbons (Fsp3) is 0.588. The molecule has 4 heterocycles. The molecule has 2 aromatic heterocycles. The molecule has 2 saturated heterocycles. The summed E-state index contributed by atoms with van der Waals surface area (Å²) in [5.41, 5.74) is 1.94. The lowest BCUT2D eigenvalue weighted by atomic mass is 9.86. The third kappa shape index (κ3) is 2.19. The Labute approximate surface area is 151 Å². The Morgan fingerprint density at radius 2 is 1.85 bits per heavy atom. The zero-order valence-corrected chi connectivity index (χ0v) is 15.5. The summed E-state index contributed by atoms with van der Waals surface area (Å²) in [6.45, 7) is 5.53. The molecule has 2 aliphatic heterocycles. The first-order chi connectivity index (χ1) is 12.3. The van der Waals surface area contributed by atoms with Crippen molar-refractivity contribution < 1.29 is 9.59 Å². The second kappa shape index (κ2) is 5.65. The molecule has 0 aromatic carbocycles. The molecule has 4 rings (SSSR count). The number of nitrogens with zero attached hydrogens (tertiary/aromatic N) is 7. The minimum Gasteiger partial charge on any atom is -0.368 e. The minimum atomic E-state index is -0.722. The van der Waals surface area contributed by atoms with Crippen molar-refractivity contribution in [3.05, 3.63) is 18.1 Å². The zero-order valence-electron chi connectivity index (χ0n) is 15.5. The Hall–Kier alpha value is -2.71. The van der Waals surface area contributed by atoms with Gasteiger partial charge in [0, 0.05) is 27.2 Å². The van der Waals surface area contributed by atoms with Crippen LogP contribution in [0.2, 0.25) is 0 Å². The van der Waals surface area contributed by atoms with E-state index < -0.39 is 5.54 Å². The number of carbonyl (C=O) groups is 2. The van der Waals surface area contributed by atoms with Crippen molar-refractivity contribution in [2.24, 2.45) is 0 Å². The standard InChI is InChI=1S/C17H23N7O2/c1-11(2)12-9-13(14-19-18-10-24(14)20-12)23-7-5-17(6-8-23)15(25)21(3)16(26)22(17)4/h9-11H,5-8H2,1-4H3. The van der Waals surface area contributed by atoms with Gasteiger partial charge in [0.05, 0.1) is 11.4 Å². The highest BCUT2D eigenvalue weighted by Crippen LogP contribution is 2.37. The van der Waals surface area contributed by atoms with Crippen molar-refractivity contribution in [2.45, 2.75) is 38.1 Å². The van der Waals surface area contributed by atoms with Crippen LogP contribution >= 0.6 is 0 Å². The largest absolute Gasteiger partial charge is 0.368 e. The lowest BCUT2D eigenvalue weighted by Crippen LogP contribution is -2.55. The predicted octanol–water partition coefficient (Wildman–Crippen LogP) is 1.11. The number of rotatable bonds is 2. The molecule has 0 radical (unpaired) electrons. The highest BCUT2D eigenvalue weighted by molar-refractivity contribution is 6.06. The number of urea groups is 1. The topological polar surface area (TPSA) is 86.9 Å². The third-order valence-electron chi connectivity index (χ3n) is 5.71. The molecule has 2 aromatic rings. The van der Waals surface area contributed by atoms with Crippen molar-refractivity contribution in [2.75, 3.05) is 32.1 Å².